The van der Waals surface area contributed by atoms with Crippen molar-refractivity contribution in [2.75, 3.05) is 10.6 Å². The number of anilines is 2. The van der Waals surface area contributed by atoms with Gasteiger partial charge in [0.1, 0.15) is 11.3 Å². The summed E-state index contributed by atoms with van der Waals surface area (Å²) in [6.45, 7) is 5.52. The lowest BCUT2D eigenvalue weighted by Gasteiger charge is -2.10. The summed E-state index contributed by atoms with van der Waals surface area (Å²) in [5, 5.41) is 9.15. The van der Waals surface area contributed by atoms with Crippen LogP contribution in [0, 0.1) is 12.8 Å². The lowest BCUT2D eigenvalue weighted by Crippen LogP contribution is -2.19. The van der Waals surface area contributed by atoms with Crippen LogP contribution in [-0.4, -0.2) is 17.0 Å². The molecule has 6 nitrogen and oxygen atoms in total. The second-order valence-electron chi connectivity index (χ2n) is 5.13. The van der Waals surface area contributed by atoms with Gasteiger partial charge in [-0.1, -0.05) is 19.0 Å². The van der Waals surface area contributed by atoms with Crippen LogP contribution in [0.5, 0.6) is 0 Å². The van der Waals surface area contributed by atoms with Gasteiger partial charge >= 0.3 is 0 Å². The highest BCUT2D eigenvalue weighted by Gasteiger charge is 2.13. The van der Waals surface area contributed by atoms with Crippen molar-refractivity contribution in [2.24, 2.45) is 5.92 Å². The van der Waals surface area contributed by atoms with Gasteiger partial charge in [0.05, 0.1) is 6.20 Å². The van der Waals surface area contributed by atoms with Crippen molar-refractivity contribution in [1.82, 2.24) is 5.16 Å². The molecule has 2 rings (SSSR count). The predicted octanol–water partition coefficient (Wildman–Crippen LogP) is 3.22. The Hall–Kier alpha value is -2.63. The molecule has 1 unspecified atom stereocenters. The van der Waals surface area contributed by atoms with Crippen molar-refractivity contribution >= 4 is 23.2 Å². The molecule has 2 amide bonds. The SMILES string of the molecule is CCC(C)C(=O)Nc1ccc(NC(=O)c2cnoc2C)cc1. The van der Waals surface area contributed by atoms with Crippen LogP contribution in [0.4, 0.5) is 11.4 Å². The average Bonchev–Trinajstić information content (AvgIpc) is 2.94. The molecule has 6 heteroatoms. The quantitative estimate of drug-likeness (QED) is 0.888. The molecule has 1 aromatic heterocycles. The molecule has 0 saturated carbocycles. The Morgan fingerprint density at radius 2 is 1.77 bits per heavy atom. The van der Waals surface area contributed by atoms with Crippen LogP contribution in [0.25, 0.3) is 0 Å². The van der Waals surface area contributed by atoms with Crippen molar-refractivity contribution in [2.45, 2.75) is 27.2 Å². The first-order chi connectivity index (χ1) is 10.5. The van der Waals surface area contributed by atoms with E-state index in [1.54, 1.807) is 31.2 Å². The lowest BCUT2D eigenvalue weighted by atomic mass is 10.1. The first-order valence-corrected chi connectivity index (χ1v) is 7.14. The highest BCUT2D eigenvalue weighted by atomic mass is 16.5. The zero-order valence-corrected chi connectivity index (χ0v) is 12.8. The number of aryl methyl sites for hydroxylation is 1. The molecule has 1 atom stereocenters. The summed E-state index contributed by atoms with van der Waals surface area (Å²) in [7, 11) is 0. The van der Waals surface area contributed by atoms with E-state index in [1.165, 1.54) is 6.20 Å². The molecular weight excluding hydrogens is 282 g/mol. The van der Waals surface area contributed by atoms with E-state index in [4.69, 9.17) is 4.52 Å². The van der Waals surface area contributed by atoms with Crippen molar-refractivity contribution in [3.05, 3.63) is 41.8 Å². The molecule has 116 valence electrons. The molecule has 1 aromatic carbocycles. The van der Waals surface area contributed by atoms with Crippen LogP contribution >= 0.6 is 0 Å². The van der Waals surface area contributed by atoms with Gasteiger partial charge in [0, 0.05) is 17.3 Å². The Morgan fingerprint density at radius 3 is 2.27 bits per heavy atom. The van der Waals surface area contributed by atoms with E-state index < -0.39 is 0 Å². The largest absolute Gasteiger partial charge is 0.361 e. The maximum Gasteiger partial charge on any atom is 0.260 e. The molecule has 2 aromatic rings. The predicted molar refractivity (Wildman–Crippen MR) is 83.7 cm³/mol. The molecule has 0 radical (unpaired) electrons. The van der Waals surface area contributed by atoms with Gasteiger partial charge in [0.25, 0.3) is 5.91 Å². The third-order valence-corrected chi connectivity index (χ3v) is 3.47. The standard InChI is InChI=1S/C16H19N3O3/c1-4-10(2)15(20)18-12-5-7-13(8-6-12)19-16(21)14-9-17-22-11(14)3/h5-10H,4H2,1-3H3,(H,18,20)(H,19,21). The molecular formula is C16H19N3O3. The topological polar surface area (TPSA) is 84.2 Å². The maximum absolute atomic E-state index is 12.0. The fraction of sp³-hybridized carbons (Fsp3) is 0.312. The van der Waals surface area contributed by atoms with Crippen LogP contribution in [0.1, 0.15) is 36.4 Å². The van der Waals surface area contributed by atoms with Crippen molar-refractivity contribution in [3.63, 3.8) is 0 Å². The Bertz CT molecular complexity index is 662. The van der Waals surface area contributed by atoms with Gasteiger partial charge in [0.2, 0.25) is 5.91 Å². The number of benzene rings is 1. The van der Waals surface area contributed by atoms with Crippen LogP contribution in [-0.2, 0) is 4.79 Å². The van der Waals surface area contributed by atoms with Crippen molar-refractivity contribution < 1.29 is 14.1 Å². The molecule has 0 aliphatic rings. The lowest BCUT2D eigenvalue weighted by molar-refractivity contribution is -0.119. The summed E-state index contributed by atoms with van der Waals surface area (Å²) in [5.41, 5.74) is 1.73. The van der Waals surface area contributed by atoms with E-state index in [9.17, 15) is 9.59 Å². The number of rotatable bonds is 5. The number of carbonyl (C=O) groups excluding carboxylic acids is 2. The van der Waals surface area contributed by atoms with Gasteiger partial charge in [-0.3, -0.25) is 9.59 Å². The monoisotopic (exact) mass is 301 g/mol. The normalized spacial score (nSPS) is 11.8. The zero-order chi connectivity index (χ0) is 16.1. The van der Waals surface area contributed by atoms with Crippen LogP contribution in [0.3, 0.4) is 0 Å². The number of nitrogens with zero attached hydrogens (tertiary/aromatic N) is 1. The summed E-state index contributed by atoms with van der Waals surface area (Å²) in [6, 6.07) is 6.95. The van der Waals surface area contributed by atoms with Crippen LogP contribution in [0.15, 0.2) is 35.0 Å². The second-order valence-corrected chi connectivity index (χ2v) is 5.13. The molecule has 22 heavy (non-hydrogen) atoms. The van der Waals surface area contributed by atoms with Crippen LogP contribution in [0.2, 0.25) is 0 Å². The third kappa shape index (κ3) is 3.72. The molecule has 0 saturated heterocycles. The number of aromatic nitrogens is 1. The van der Waals surface area contributed by atoms with E-state index >= 15 is 0 Å². The van der Waals surface area contributed by atoms with Gasteiger partial charge in [-0.2, -0.15) is 0 Å². The summed E-state index contributed by atoms with van der Waals surface area (Å²) in [4.78, 5) is 23.8. The highest BCUT2D eigenvalue weighted by molar-refractivity contribution is 6.04. The number of hydrogen-bond acceptors (Lipinski definition) is 4. The van der Waals surface area contributed by atoms with Crippen molar-refractivity contribution in [3.8, 4) is 0 Å². The third-order valence-electron chi connectivity index (χ3n) is 3.47. The van der Waals surface area contributed by atoms with E-state index in [0.717, 1.165) is 6.42 Å². The smallest absolute Gasteiger partial charge is 0.260 e. The average molecular weight is 301 g/mol. The molecule has 0 fully saturated rings. The van der Waals surface area contributed by atoms with E-state index in [-0.39, 0.29) is 17.7 Å². The maximum atomic E-state index is 12.0. The molecule has 0 aliphatic heterocycles. The molecule has 0 spiro atoms. The number of hydrogen-bond donors (Lipinski definition) is 2. The Labute approximate surface area is 128 Å². The van der Waals surface area contributed by atoms with Gasteiger partial charge in [-0.05, 0) is 37.6 Å². The van der Waals surface area contributed by atoms with E-state index in [0.29, 0.717) is 22.7 Å². The zero-order valence-electron chi connectivity index (χ0n) is 12.8. The summed E-state index contributed by atoms with van der Waals surface area (Å²) >= 11 is 0. The molecule has 2 N–H and O–H groups in total. The fourth-order valence-corrected chi connectivity index (χ4v) is 1.80. The van der Waals surface area contributed by atoms with Gasteiger partial charge < -0.3 is 15.2 Å². The minimum Gasteiger partial charge on any atom is -0.361 e. The first-order valence-electron chi connectivity index (χ1n) is 7.14. The van der Waals surface area contributed by atoms with Gasteiger partial charge in [-0.15, -0.1) is 0 Å². The Balaban J connectivity index is 1.99. The number of amides is 2. The van der Waals surface area contributed by atoms with E-state index in [1.807, 2.05) is 13.8 Å². The fourth-order valence-electron chi connectivity index (χ4n) is 1.80. The highest BCUT2D eigenvalue weighted by Crippen LogP contribution is 2.16. The molecule has 0 aliphatic carbocycles. The van der Waals surface area contributed by atoms with E-state index in [2.05, 4.69) is 15.8 Å². The number of carbonyl (C=O) groups is 2. The Kier molecular flexibility index (Phi) is 4.93. The summed E-state index contributed by atoms with van der Waals surface area (Å²) in [5.74, 6) is 0.139. The second kappa shape index (κ2) is 6.89. The van der Waals surface area contributed by atoms with Gasteiger partial charge in [0.15, 0.2) is 0 Å². The van der Waals surface area contributed by atoms with Gasteiger partial charge in [-0.25, -0.2) is 0 Å². The minimum absolute atomic E-state index is 0.0145. The molecule has 0 bridgehead atoms. The van der Waals surface area contributed by atoms with Crippen LogP contribution < -0.4 is 10.6 Å². The summed E-state index contributed by atoms with van der Waals surface area (Å²) in [6.07, 6.45) is 2.17. The molecule has 1 heterocycles. The van der Waals surface area contributed by atoms with Crippen molar-refractivity contribution in [1.29, 1.82) is 0 Å². The first kappa shape index (κ1) is 15.8. The minimum atomic E-state index is -0.282. The summed E-state index contributed by atoms with van der Waals surface area (Å²) < 4.78 is 4.86. The Morgan fingerprint density at radius 1 is 1.18 bits per heavy atom. The number of nitrogens with one attached hydrogen (secondary N) is 2.